The van der Waals surface area contributed by atoms with E-state index in [-0.39, 0.29) is 11.8 Å². The van der Waals surface area contributed by atoms with Crippen LogP contribution in [0.4, 0.5) is 4.79 Å². The molecule has 5 heteroatoms. The minimum atomic E-state index is -1.39. The molecular weight excluding hydrogens is 186 g/mol. The largest absolute Gasteiger partial charge is 0.506 e. The zero-order valence-electron chi connectivity index (χ0n) is 8.32. The van der Waals surface area contributed by atoms with E-state index in [1.54, 1.807) is 0 Å². The van der Waals surface area contributed by atoms with E-state index in [9.17, 15) is 9.59 Å². The Morgan fingerprint density at radius 1 is 1.71 bits per heavy atom. The minimum Gasteiger partial charge on any atom is -0.450 e. The summed E-state index contributed by atoms with van der Waals surface area (Å²) < 4.78 is 4.54. The molecule has 80 valence electrons. The third kappa shape index (κ3) is 2.61. The second kappa shape index (κ2) is 4.30. The highest BCUT2D eigenvalue weighted by Gasteiger charge is 2.37. The van der Waals surface area contributed by atoms with Crippen LogP contribution in [0, 0.1) is 11.8 Å². The van der Waals surface area contributed by atoms with E-state index in [0.717, 1.165) is 6.42 Å². The van der Waals surface area contributed by atoms with Gasteiger partial charge in [0.15, 0.2) is 6.10 Å². The summed E-state index contributed by atoms with van der Waals surface area (Å²) in [6.45, 7) is 4.57. The van der Waals surface area contributed by atoms with Crippen LogP contribution in [0.5, 0.6) is 0 Å². The van der Waals surface area contributed by atoms with Crippen molar-refractivity contribution in [2.45, 2.75) is 26.4 Å². The summed E-state index contributed by atoms with van der Waals surface area (Å²) in [5, 5.41) is 11.0. The van der Waals surface area contributed by atoms with Crippen molar-refractivity contribution in [1.82, 2.24) is 5.32 Å². The molecule has 2 atom stereocenters. The van der Waals surface area contributed by atoms with Gasteiger partial charge in [0.05, 0.1) is 0 Å². The molecule has 0 aromatic rings. The van der Waals surface area contributed by atoms with Gasteiger partial charge in [0, 0.05) is 12.5 Å². The molecule has 0 aliphatic carbocycles. The second-order valence-electron chi connectivity index (χ2n) is 3.94. The SMILES string of the molecule is CC(C)CC1CNC(=O)[C@H]1OC(=O)O. The first-order chi connectivity index (χ1) is 6.50. The number of nitrogens with one attached hydrogen (secondary N) is 1. The lowest BCUT2D eigenvalue weighted by molar-refractivity contribution is -0.128. The highest BCUT2D eigenvalue weighted by atomic mass is 16.7. The maximum Gasteiger partial charge on any atom is 0.506 e. The van der Waals surface area contributed by atoms with Crippen LogP contribution < -0.4 is 5.32 Å². The van der Waals surface area contributed by atoms with Gasteiger partial charge in [0.2, 0.25) is 0 Å². The van der Waals surface area contributed by atoms with Crippen molar-refractivity contribution in [3.05, 3.63) is 0 Å². The number of rotatable bonds is 3. The smallest absolute Gasteiger partial charge is 0.450 e. The van der Waals surface area contributed by atoms with Crippen LogP contribution in [-0.4, -0.2) is 29.8 Å². The lowest BCUT2D eigenvalue weighted by atomic mass is 9.94. The van der Waals surface area contributed by atoms with Crippen LogP contribution in [0.1, 0.15) is 20.3 Å². The molecule has 1 rings (SSSR count). The number of ether oxygens (including phenoxy) is 1. The standard InChI is InChI=1S/C9H15NO4/c1-5(2)3-6-4-10-8(11)7(6)14-9(12)13/h5-7H,3-4H2,1-2H3,(H,10,11)(H,12,13)/t6?,7-/m0/s1. The van der Waals surface area contributed by atoms with E-state index in [4.69, 9.17) is 5.11 Å². The van der Waals surface area contributed by atoms with E-state index in [1.165, 1.54) is 0 Å². The topological polar surface area (TPSA) is 75.6 Å². The van der Waals surface area contributed by atoms with Gasteiger partial charge >= 0.3 is 6.16 Å². The van der Waals surface area contributed by atoms with Gasteiger partial charge < -0.3 is 15.2 Å². The lowest BCUT2D eigenvalue weighted by Gasteiger charge is -2.17. The summed E-state index contributed by atoms with van der Waals surface area (Å²) in [4.78, 5) is 21.5. The van der Waals surface area contributed by atoms with Gasteiger partial charge in [-0.3, -0.25) is 4.79 Å². The molecule has 1 aliphatic rings. The maximum atomic E-state index is 11.2. The molecule has 1 heterocycles. The van der Waals surface area contributed by atoms with Crippen LogP contribution in [0.25, 0.3) is 0 Å². The van der Waals surface area contributed by atoms with Crippen molar-refractivity contribution < 1.29 is 19.4 Å². The van der Waals surface area contributed by atoms with E-state index >= 15 is 0 Å². The molecule has 14 heavy (non-hydrogen) atoms. The Morgan fingerprint density at radius 3 is 2.86 bits per heavy atom. The number of hydrogen-bond donors (Lipinski definition) is 2. The highest BCUT2D eigenvalue weighted by Crippen LogP contribution is 2.21. The molecule has 2 N–H and O–H groups in total. The van der Waals surface area contributed by atoms with E-state index in [0.29, 0.717) is 12.5 Å². The molecule has 0 aromatic carbocycles. The molecule has 0 bridgehead atoms. The number of amides is 1. The third-order valence-corrected chi connectivity index (χ3v) is 2.23. The monoisotopic (exact) mass is 201 g/mol. The molecule has 1 unspecified atom stereocenters. The molecule has 0 spiro atoms. The van der Waals surface area contributed by atoms with Crippen LogP contribution in [0.15, 0.2) is 0 Å². The first-order valence-electron chi connectivity index (χ1n) is 4.68. The fourth-order valence-corrected chi connectivity index (χ4v) is 1.72. The maximum absolute atomic E-state index is 11.2. The Hall–Kier alpha value is -1.26. The number of carbonyl (C=O) groups is 2. The number of carbonyl (C=O) groups excluding carboxylic acids is 1. The molecule has 5 nitrogen and oxygen atoms in total. The van der Waals surface area contributed by atoms with Gasteiger partial charge in [-0.15, -0.1) is 0 Å². The van der Waals surface area contributed by atoms with Crippen molar-refractivity contribution in [3.8, 4) is 0 Å². The zero-order chi connectivity index (χ0) is 10.7. The summed E-state index contributed by atoms with van der Waals surface area (Å²) in [6, 6.07) is 0. The molecule has 0 saturated carbocycles. The molecule has 1 fully saturated rings. The van der Waals surface area contributed by atoms with Crippen LogP contribution >= 0.6 is 0 Å². The first-order valence-corrected chi connectivity index (χ1v) is 4.68. The zero-order valence-corrected chi connectivity index (χ0v) is 8.32. The molecule has 1 saturated heterocycles. The van der Waals surface area contributed by atoms with Gasteiger partial charge in [-0.25, -0.2) is 4.79 Å². The van der Waals surface area contributed by atoms with Crippen molar-refractivity contribution in [2.24, 2.45) is 11.8 Å². The van der Waals surface area contributed by atoms with Crippen molar-refractivity contribution in [1.29, 1.82) is 0 Å². The van der Waals surface area contributed by atoms with Gasteiger partial charge in [-0.05, 0) is 12.3 Å². The molecule has 1 aliphatic heterocycles. The third-order valence-electron chi connectivity index (χ3n) is 2.23. The Labute approximate surface area is 82.4 Å². The van der Waals surface area contributed by atoms with Crippen LogP contribution in [0.2, 0.25) is 0 Å². The highest BCUT2D eigenvalue weighted by molar-refractivity contribution is 5.84. The van der Waals surface area contributed by atoms with Crippen molar-refractivity contribution in [2.75, 3.05) is 6.54 Å². The summed E-state index contributed by atoms with van der Waals surface area (Å²) in [6.07, 6.45) is -1.42. The molecule has 0 radical (unpaired) electrons. The Morgan fingerprint density at radius 2 is 2.36 bits per heavy atom. The quantitative estimate of drug-likeness (QED) is 0.663. The first kappa shape index (κ1) is 10.8. The van der Waals surface area contributed by atoms with Gasteiger partial charge in [-0.1, -0.05) is 13.8 Å². The Kier molecular flexibility index (Phi) is 3.33. The molecule has 0 aromatic heterocycles. The summed E-state index contributed by atoms with van der Waals surface area (Å²) in [5.41, 5.74) is 0. The Bertz CT molecular complexity index is 239. The normalized spacial score (nSPS) is 26.4. The fourth-order valence-electron chi connectivity index (χ4n) is 1.72. The van der Waals surface area contributed by atoms with Crippen LogP contribution in [-0.2, 0) is 9.53 Å². The van der Waals surface area contributed by atoms with E-state index in [2.05, 4.69) is 10.1 Å². The summed E-state index contributed by atoms with van der Waals surface area (Å²) in [5.74, 6) is 0.0734. The fraction of sp³-hybridized carbons (Fsp3) is 0.778. The predicted octanol–water partition coefficient (Wildman–Crippen LogP) is 0.842. The average molecular weight is 201 g/mol. The van der Waals surface area contributed by atoms with Gasteiger partial charge in [0.1, 0.15) is 0 Å². The summed E-state index contributed by atoms with van der Waals surface area (Å²) in [7, 11) is 0. The van der Waals surface area contributed by atoms with Crippen LogP contribution in [0.3, 0.4) is 0 Å². The van der Waals surface area contributed by atoms with Gasteiger partial charge in [0.25, 0.3) is 5.91 Å². The van der Waals surface area contributed by atoms with Crippen molar-refractivity contribution >= 4 is 12.1 Å². The van der Waals surface area contributed by atoms with Gasteiger partial charge in [-0.2, -0.15) is 0 Å². The average Bonchev–Trinajstić information content (AvgIpc) is 2.34. The summed E-state index contributed by atoms with van der Waals surface area (Å²) >= 11 is 0. The van der Waals surface area contributed by atoms with E-state index in [1.807, 2.05) is 13.8 Å². The predicted molar refractivity (Wildman–Crippen MR) is 48.9 cm³/mol. The molecular formula is C9H15NO4. The van der Waals surface area contributed by atoms with E-state index < -0.39 is 12.3 Å². The number of hydrogen-bond acceptors (Lipinski definition) is 3. The lowest BCUT2D eigenvalue weighted by Crippen LogP contribution is -2.30. The number of carboxylic acid groups (broad SMARTS) is 1. The van der Waals surface area contributed by atoms with Crippen molar-refractivity contribution in [3.63, 3.8) is 0 Å². The Balaban J connectivity index is 2.57. The second-order valence-corrected chi connectivity index (χ2v) is 3.94. The minimum absolute atomic E-state index is 0.0291. The molecule has 1 amide bonds.